The van der Waals surface area contributed by atoms with Crippen molar-refractivity contribution >= 4 is 11.9 Å². The molecule has 1 aromatic rings. The van der Waals surface area contributed by atoms with Crippen LogP contribution in [-0.4, -0.2) is 24.2 Å². The van der Waals surface area contributed by atoms with Crippen molar-refractivity contribution < 1.29 is 23.8 Å². The number of carboxylic acids is 1. The Morgan fingerprint density at radius 3 is 2.48 bits per heavy atom. The molecule has 1 aliphatic rings. The van der Waals surface area contributed by atoms with Crippen LogP contribution in [0.2, 0.25) is 0 Å². The zero-order valence-electron chi connectivity index (χ0n) is 11.9. The summed E-state index contributed by atoms with van der Waals surface area (Å²) in [6.45, 7) is 1.89. The summed E-state index contributed by atoms with van der Waals surface area (Å²) in [4.78, 5) is 24.0. The van der Waals surface area contributed by atoms with Crippen LogP contribution >= 0.6 is 0 Å². The number of esters is 1. The zero-order valence-corrected chi connectivity index (χ0v) is 11.9. The number of allylic oxidation sites excluding steroid dienone is 2. The van der Waals surface area contributed by atoms with Crippen LogP contribution in [0, 0.1) is 11.2 Å². The van der Waals surface area contributed by atoms with E-state index in [9.17, 15) is 19.1 Å². The van der Waals surface area contributed by atoms with Gasteiger partial charge in [-0.1, -0.05) is 23.8 Å². The van der Waals surface area contributed by atoms with Crippen LogP contribution in [0.1, 0.15) is 31.2 Å². The second-order valence-electron chi connectivity index (χ2n) is 5.33. The SMILES string of the molecule is COC(=O)[C@@]1(C(=O)O)CC=C(C)C[C@H]1c1ccc(F)cc1. The maximum atomic E-state index is 13.1. The van der Waals surface area contributed by atoms with Crippen molar-refractivity contribution in [1.82, 2.24) is 0 Å². The highest BCUT2D eigenvalue weighted by Gasteiger charge is 2.54. The van der Waals surface area contributed by atoms with E-state index in [1.807, 2.05) is 6.92 Å². The van der Waals surface area contributed by atoms with E-state index in [2.05, 4.69) is 0 Å². The maximum absolute atomic E-state index is 13.1. The molecule has 1 aromatic carbocycles. The first-order valence-electron chi connectivity index (χ1n) is 6.64. The van der Waals surface area contributed by atoms with Gasteiger partial charge in [0.25, 0.3) is 0 Å². The molecule has 0 saturated heterocycles. The summed E-state index contributed by atoms with van der Waals surface area (Å²) in [6, 6.07) is 5.60. The number of aliphatic carboxylic acids is 1. The molecule has 0 spiro atoms. The van der Waals surface area contributed by atoms with Crippen molar-refractivity contribution in [3.05, 3.63) is 47.3 Å². The van der Waals surface area contributed by atoms with Gasteiger partial charge < -0.3 is 9.84 Å². The van der Waals surface area contributed by atoms with Crippen LogP contribution in [0.3, 0.4) is 0 Å². The molecule has 0 aromatic heterocycles. The van der Waals surface area contributed by atoms with Crippen molar-refractivity contribution in [2.45, 2.75) is 25.7 Å². The summed E-state index contributed by atoms with van der Waals surface area (Å²) in [5.74, 6) is -2.96. The molecule has 1 aliphatic carbocycles. The number of hydrogen-bond acceptors (Lipinski definition) is 3. The Balaban J connectivity index is 2.56. The number of methoxy groups -OCH3 is 1. The van der Waals surface area contributed by atoms with E-state index < -0.39 is 29.1 Å². The van der Waals surface area contributed by atoms with Crippen molar-refractivity contribution in [2.24, 2.45) is 5.41 Å². The molecular weight excluding hydrogens is 275 g/mol. The van der Waals surface area contributed by atoms with Gasteiger partial charge in [-0.2, -0.15) is 0 Å². The first kappa shape index (κ1) is 15.2. The molecule has 2 atom stereocenters. The lowest BCUT2D eigenvalue weighted by atomic mass is 9.64. The van der Waals surface area contributed by atoms with Gasteiger partial charge >= 0.3 is 11.9 Å². The number of halogens is 1. The predicted octanol–water partition coefficient (Wildman–Crippen LogP) is 2.89. The Labute approximate surface area is 122 Å². The van der Waals surface area contributed by atoms with Crippen molar-refractivity contribution in [1.29, 1.82) is 0 Å². The molecule has 0 aliphatic heterocycles. The molecule has 0 saturated carbocycles. The van der Waals surface area contributed by atoms with Crippen LogP contribution in [0.4, 0.5) is 4.39 Å². The van der Waals surface area contributed by atoms with Gasteiger partial charge in [-0.25, -0.2) is 4.39 Å². The molecule has 0 amide bonds. The van der Waals surface area contributed by atoms with Gasteiger partial charge in [-0.3, -0.25) is 9.59 Å². The molecule has 4 nitrogen and oxygen atoms in total. The molecule has 0 bridgehead atoms. The molecule has 0 fully saturated rings. The highest BCUT2D eigenvalue weighted by molar-refractivity contribution is 6.01. The molecule has 5 heteroatoms. The minimum Gasteiger partial charge on any atom is -0.480 e. The quantitative estimate of drug-likeness (QED) is 0.528. The predicted molar refractivity (Wildman–Crippen MR) is 74.2 cm³/mol. The maximum Gasteiger partial charge on any atom is 0.324 e. The van der Waals surface area contributed by atoms with E-state index in [-0.39, 0.29) is 6.42 Å². The van der Waals surface area contributed by atoms with Gasteiger partial charge in [0.2, 0.25) is 0 Å². The normalized spacial score (nSPS) is 25.1. The van der Waals surface area contributed by atoms with E-state index in [0.717, 1.165) is 5.57 Å². The van der Waals surface area contributed by atoms with Gasteiger partial charge in [0.15, 0.2) is 5.41 Å². The number of benzene rings is 1. The number of rotatable bonds is 3. The lowest BCUT2D eigenvalue weighted by Crippen LogP contribution is -2.46. The Bertz CT molecular complexity index is 591. The number of carboxylic acid groups (broad SMARTS) is 1. The molecule has 0 heterocycles. The fraction of sp³-hybridized carbons (Fsp3) is 0.375. The lowest BCUT2D eigenvalue weighted by Gasteiger charge is -2.37. The molecule has 112 valence electrons. The molecular formula is C16H17FO4. The van der Waals surface area contributed by atoms with E-state index in [0.29, 0.717) is 12.0 Å². The largest absolute Gasteiger partial charge is 0.480 e. The summed E-state index contributed by atoms with van der Waals surface area (Å²) in [6.07, 6.45) is 2.25. The first-order chi connectivity index (χ1) is 9.91. The van der Waals surface area contributed by atoms with Gasteiger partial charge in [0.1, 0.15) is 5.82 Å². The van der Waals surface area contributed by atoms with Gasteiger partial charge in [-0.05, 0) is 37.5 Å². The van der Waals surface area contributed by atoms with Crippen molar-refractivity contribution in [3.8, 4) is 0 Å². The second kappa shape index (κ2) is 5.68. The summed E-state index contributed by atoms with van der Waals surface area (Å²) >= 11 is 0. The van der Waals surface area contributed by atoms with E-state index in [1.54, 1.807) is 6.08 Å². The lowest BCUT2D eigenvalue weighted by molar-refractivity contribution is -0.169. The fourth-order valence-electron chi connectivity index (χ4n) is 2.89. The minimum atomic E-state index is -1.66. The smallest absolute Gasteiger partial charge is 0.324 e. The summed E-state index contributed by atoms with van der Waals surface area (Å²) in [5.41, 5.74) is -0.0340. The third kappa shape index (κ3) is 2.55. The fourth-order valence-corrected chi connectivity index (χ4v) is 2.89. The Hall–Kier alpha value is -2.17. The van der Waals surface area contributed by atoms with E-state index in [1.165, 1.54) is 31.4 Å². The van der Waals surface area contributed by atoms with E-state index in [4.69, 9.17) is 4.74 Å². The molecule has 0 unspecified atom stereocenters. The highest BCUT2D eigenvalue weighted by atomic mass is 19.1. The molecule has 2 rings (SSSR count). The third-order valence-corrected chi connectivity index (χ3v) is 4.10. The van der Waals surface area contributed by atoms with Gasteiger partial charge in [-0.15, -0.1) is 0 Å². The van der Waals surface area contributed by atoms with Crippen molar-refractivity contribution in [3.63, 3.8) is 0 Å². The average Bonchev–Trinajstić information content (AvgIpc) is 2.47. The standard InChI is InChI=1S/C16H17FO4/c1-10-7-8-16(14(18)19,15(20)21-2)13(9-10)11-3-5-12(17)6-4-11/h3-7,13H,8-9H2,1-2H3,(H,18,19)/t13-,16-/m0/s1. The van der Waals surface area contributed by atoms with Crippen LogP contribution in [-0.2, 0) is 14.3 Å². The number of carbonyl (C=O) groups excluding carboxylic acids is 1. The van der Waals surface area contributed by atoms with Crippen LogP contribution in [0.15, 0.2) is 35.9 Å². The topological polar surface area (TPSA) is 63.6 Å². The Morgan fingerprint density at radius 2 is 1.95 bits per heavy atom. The zero-order chi connectivity index (χ0) is 15.6. The summed E-state index contributed by atoms with van der Waals surface area (Å²) in [7, 11) is 1.18. The highest BCUT2D eigenvalue weighted by Crippen LogP contribution is 2.48. The summed E-state index contributed by atoms with van der Waals surface area (Å²) in [5, 5.41) is 9.66. The minimum absolute atomic E-state index is 0.0723. The molecule has 1 N–H and O–H groups in total. The molecule has 21 heavy (non-hydrogen) atoms. The average molecular weight is 292 g/mol. The van der Waals surface area contributed by atoms with Crippen molar-refractivity contribution in [2.75, 3.05) is 7.11 Å². The third-order valence-electron chi connectivity index (χ3n) is 4.10. The van der Waals surface area contributed by atoms with Crippen LogP contribution < -0.4 is 0 Å². The first-order valence-corrected chi connectivity index (χ1v) is 6.64. The Morgan fingerprint density at radius 1 is 1.33 bits per heavy atom. The number of ether oxygens (including phenoxy) is 1. The Kier molecular flexibility index (Phi) is 4.11. The molecule has 0 radical (unpaired) electrons. The monoisotopic (exact) mass is 292 g/mol. The van der Waals surface area contributed by atoms with Crippen LogP contribution in [0.5, 0.6) is 0 Å². The summed E-state index contributed by atoms with van der Waals surface area (Å²) < 4.78 is 17.8. The van der Waals surface area contributed by atoms with Gasteiger partial charge in [0, 0.05) is 5.92 Å². The van der Waals surface area contributed by atoms with Crippen LogP contribution in [0.25, 0.3) is 0 Å². The van der Waals surface area contributed by atoms with Gasteiger partial charge in [0.05, 0.1) is 7.11 Å². The number of hydrogen-bond donors (Lipinski definition) is 1. The van der Waals surface area contributed by atoms with E-state index >= 15 is 0 Å². The second-order valence-corrected chi connectivity index (χ2v) is 5.33. The number of carbonyl (C=O) groups is 2.